The summed E-state index contributed by atoms with van der Waals surface area (Å²) in [5, 5.41) is 2.87. The lowest BCUT2D eigenvalue weighted by atomic mass is 10.2. The van der Waals surface area contributed by atoms with E-state index in [1.54, 1.807) is 19.1 Å². The van der Waals surface area contributed by atoms with E-state index in [1.807, 2.05) is 13.0 Å². The van der Waals surface area contributed by atoms with E-state index in [2.05, 4.69) is 21.9 Å². The van der Waals surface area contributed by atoms with Crippen LogP contribution in [0.15, 0.2) is 23.1 Å². The van der Waals surface area contributed by atoms with Crippen LogP contribution in [0.1, 0.15) is 24.5 Å². The smallest absolute Gasteiger partial charge is 0.240 e. The molecule has 1 unspecified atom stereocenters. The minimum atomic E-state index is -3.61. The summed E-state index contributed by atoms with van der Waals surface area (Å²) in [6.07, 6.45) is 0.111. The second-order valence-corrected chi connectivity index (χ2v) is 8.45. The highest BCUT2D eigenvalue weighted by molar-refractivity contribution is 7.89. The SMILES string of the molecule is Cc1ccc(C)c(S(=O)(=O)NCCC(=O)NCC(C)N2CCOCC2)c1. The third kappa shape index (κ3) is 6.05. The van der Waals surface area contributed by atoms with Crippen LogP contribution in [0.5, 0.6) is 0 Å². The van der Waals surface area contributed by atoms with E-state index in [0.717, 1.165) is 31.9 Å². The van der Waals surface area contributed by atoms with Gasteiger partial charge < -0.3 is 10.1 Å². The van der Waals surface area contributed by atoms with Crippen LogP contribution in [-0.4, -0.2) is 64.7 Å². The standard InChI is InChI=1S/C18H29N3O4S/c1-14-4-5-15(2)17(12-14)26(23,24)20-7-6-18(22)19-13-16(3)21-8-10-25-11-9-21/h4-5,12,16,20H,6-11,13H2,1-3H3,(H,19,22). The first kappa shape index (κ1) is 20.8. The number of carbonyl (C=O) groups is 1. The predicted octanol–water partition coefficient (Wildman–Crippen LogP) is 0.809. The van der Waals surface area contributed by atoms with Crippen LogP contribution in [0.2, 0.25) is 0 Å². The van der Waals surface area contributed by atoms with E-state index in [4.69, 9.17) is 4.74 Å². The van der Waals surface area contributed by atoms with E-state index >= 15 is 0 Å². The van der Waals surface area contributed by atoms with Gasteiger partial charge in [-0.2, -0.15) is 0 Å². The van der Waals surface area contributed by atoms with E-state index in [-0.39, 0.29) is 29.8 Å². The maximum atomic E-state index is 12.4. The van der Waals surface area contributed by atoms with E-state index in [0.29, 0.717) is 12.1 Å². The van der Waals surface area contributed by atoms with E-state index in [1.165, 1.54) is 0 Å². The first-order valence-corrected chi connectivity index (χ1v) is 10.4. The number of hydrogen-bond acceptors (Lipinski definition) is 5. The van der Waals surface area contributed by atoms with Gasteiger partial charge in [-0.15, -0.1) is 0 Å². The maximum absolute atomic E-state index is 12.4. The average molecular weight is 384 g/mol. The first-order valence-electron chi connectivity index (χ1n) is 8.95. The zero-order valence-corrected chi connectivity index (χ0v) is 16.6. The third-order valence-corrected chi connectivity index (χ3v) is 6.14. The van der Waals surface area contributed by atoms with Crippen molar-refractivity contribution in [2.45, 2.75) is 38.1 Å². The van der Waals surface area contributed by atoms with Gasteiger partial charge in [-0.05, 0) is 38.0 Å². The molecule has 0 bridgehead atoms. The minimum absolute atomic E-state index is 0.0769. The van der Waals surface area contributed by atoms with Gasteiger partial charge in [0.2, 0.25) is 15.9 Å². The number of hydrogen-bond donors (Lipinski definition) is 2. The van der Waals surface area contributed by atoms with Gasteiger partial charge in [-0.3, -0.25) is 9.69 Å². The van der Waals surface area contributed by atoms with Crippen molar-refractivity contribution in [1.82, 2.24) is 14.9 Å². The molecule has 7 nitrogen and oxygen atoms in total. The number of morpholine rings is 1. The topological polar surface area (TPSA) is 87.7 Å². The van der Waals surface area contributed by atoms with Crippen LogP contribution < -0.4 is 10.0 Å². The molecule has 1 aromatic carbocycles. The zero-order valence-electron chi connectivity index (χ0n) is 15.7. The first-order chi connectivity index (χ1) is 12.3. The number of benzene rings is 1. The van der Waals surface area contributed by atoms with Gasteiger partial charge in [-0.1, -0.05) is 12.1 Å². The highest BCUT2D eigenvalue weighted by Crippen LogP contribution is 2.16. The summed E-state index contributed by atoms with van der Waals surface area (Å²) in [6.45, 7) is 9.47. The average Bonchev–Trinajstić information content (AvgIpc) is 2.62. The normalized spacial score (nSPS) is 17.0. The fourth-order valence-electron chi connectivity index (χ4n) is 2.87. The van der Waals surface area contributed by atoms with Gasteiger partial charge in [0, 0.05) is 38.6 Å². The second-order valence-electron chi connectivity index (χ2n) is 6.72. The number of sulfonamides is 1. The summed E-state index contributed by atoms with van der Waals surface area (Å²) in [5.74, 6) is -0.159. The largest absolute Gasteiger partial charge is 0.379 e. The molecular formula is C18H29N3O4S. The quantitative estimate of drug-likeness (QED) is 0.694. The third-order valence-electron chi connectivity index (χ3n) is 4.54. The molecule has 0 radical (unpaired) electrons. The molecule has 1 aromatic rings. The molecule has 146 valence electrons. The van der Waals surface area contributed by atoms with Gasteiger partial charge in [0.15, 0.2) is 0 Å². The summed E-state index contributed by atoms with van der Waals surface area (Å²) in [5.41, 5.74) is 1.57. The van der Waals surface area contributed by atoms with Crippen LogP contribution in [-0.2, 0) is 19.6 Å². The van der Waals surface area contributed by atoms with Crippen molar-refractivity contribution in [2.24, 2.45) is 0 Å². The van der Waals surface area contributed by atoms with Crippen LogP contribution >= 0.6 is 0 Å². The molecule has 0 saturated carbocycles. The zero-order chi connectivity index (χ0) is 19.2. The van der Waals surface area contributed by atoms with Crippen LogP contribution in [0.4, 0.5) is 0 Å². The number of nitrogens with zero attached hydrogens (tertiary/aromatic N) is 1. The maximum Gasteiger partial charge on any atom is 0.240 e. The van der Waals surface area contributed by atoms with Crippen molar-refractivity contribution in [3.63, 3.8) is 0 Å². The summed E-state index contributed by atoms with van der Waals surface area (Å²) in [6, 6.07) is 5.53. The van der Waals surface area contributed by atoms with Gasteiger partial charge in [0.1, 0.15) is 0 Å². The molecule has 8 heteroatoms. The molecule has 1 aliphatic rings. The number of nitrogens with one attached hydrogen (secondary N) is 2. The molecule has 0 aromatic heterocycles. The Bertz CT molecular complexity index is 715. The monoisotopic (exact) mass is 383 g/mol. The van der Waals surface area contributed by atoms with Crippen LogP contribution in [0.3, 0.4) is 0 Å². The number of aryl methyl sites for hydroxylation is 2. The Kier molecular flexibility index (Phi) is 7.57. The van der Waals surface area contributed by atoms with Crippen molar-refractivity contribution in [3.8, 4) is 0 Å². The highest BCUT2D eigenvalue weighted by Gasteiger charge is 2.19. The van der Waals surface area contributed by atoms with Crippen molar-refractivity contribution in [3.05, 3.63) is 29.3 Å². The Hall–Kier alpha value is -1.48. The summed E-state index contributed by atoms with van der Waals surface area (Å²) in [4.78, 5) is 14.5. The lowest BCUT2D eigenvalue weighted by molar-refractivity contribution is -0.121. The van der Waals surface area contributed by atoms with Crippen LogP contribution in [0.25, 0.3) is 0 Å². The molecule has 1 saturated heterocycles. The van der Waals surface area contributed by atoms with E-state index < -0.39 is 10.0 Å². The molecule has 1 heterocycles. The molecule has 0 aliphatic carbocycles. The van der Waals surface area contributed by atoms with E-state index in [9.17, 15) is 13.2 Å². The molecule has 0 spiro atoms. The highest BCUT2D eigenvalue weighted by atomic mass is 32.2. The molecule has 1 atom stereocenters. The Labute approximate surface area is 156 Å². The number of ether oxygens (including phenoxy) is 1. The van der Waals surface area contributed by atoms with Crippen molar-refractivity contribution in [2.75, 3.05) is 39.4 Å². The summed E-state index contributed by atoms with van der Waals surface area (Å²) in [7, 11) is -3.61. The number of rotatable bonds is 8. The van der Waals surface area contributed by atoms with Crippen molar-refractivity contribution < 1.29 is 17.9 Å². The Balaban J connectivity index is 1.76. The van der Waals surface area contributed by atoms with Gasteiger partial charge in [0.25, 0.3) is 0 Å². The summed E-state index contributed by atoms with van der Waals surface area (Å²) >= 11 is 0. The number of amides is 1. The Morgan fingerprint density at radius 1 is 1.27 bits per heavy atom. The number of carbonyl (C=O) groups excluding carboxylic acids is 1. The molecule has 1 amide bonds. The molecule has 2 N–H and O–H groups in total. The minimum Gasteiger partial charge on any atom is -0.379 e. The molecule has 2 rings (SSSR count). The lowest BCUT2D eigenvalue weighted by Gasteiger charge is -2.32. The Morgan fingerprint density at radius 2 is 1.96 bits per heavy atom. The fourth-order valence-corrected chi connectivity index (χ4v) is 4.23. The molecule has 1 fully saturated rings. The molecule has 26 heavy (non-hydrogen) atoms. The van der Waals surface area contributed by atoms with Gasteiger partial charge in [0.05, 0.1) is 18.1 Å². The summed E-state index contributed by atoms with van der Waals surface area (Å²) < 4.78 is 32.6. The predicted molar refractivity (Wildman–Crippen MR) is 101 cm³/mol. The van der Waals surface area contributed by atoms with Gasteiger partial charge in [-0.25, -0.2) is 13.1 Å². The van der Waals surface area contributed by atoms with Crippen molar-refractivity contribution in [1.29, 1.82) is 0 Å². The fraction of sp³-hybridized carbons (Fsp3) is 0.611. The molecular weight excluding hydrogens is 354 g/mol. The van der Waals surface area contributed by atoms with Gasteiger partial charge >= 0.3 is 0 Å². The lowest BCUT2D eigenvalue weighted by Crippen LogP contribution is -2.47. The second kappa shape index (κ2) is 9.45. The molecule has 1 aliphatic heterocycles. The Morgan fingerprint density at radius 3 is 2.65 bits per heavy atom. The van der Waals surface area contributed by atoms with Crippen LogP contribution in [0, 0.1) is 13.8 Å². The van der Waals surface area contributed by atoms with Crippen molar-refractivity contribution >= 4 is 15.9 Å².